The number of furan rings is 1. The number of aryl methyl sites for hydroxylation is 2. The molecule has 1 aromatic heterocycles. The molecule has 0 bridgehead atoms. The van der Waals surface area contributed by atoms with Gasteiger partial charge in [-0.2, -0.15) is 0 Å². The predicted octanol–water partition coefficient (Wildman–Crippen LogP) is 3.17. The number of benzene rings is 1. The van der Waals surface area contributed by atoms with E-state index in [1.54, 1.807) is 6.26 Å². The third-order valence-electron chi connectivity index (χ3n) is 2.65. The molecule has 0 radical (unpaired) electrons. The highest BCUT2D eigenvalue weighted by molar-refractivity contribution is 5.25. The minimum Gasteiger partial charge on any atom is -0.469 e. The lowest BCUT2D eigenvalue weighted by atomic mass is 10.0. The zero-order chi connectivity index (χ0) is 11.5. The Morgan fingerprint density at radius 1 is 1.25 bits per heavy atom. The summed E-state index contributed by atoms with van der Waals surface area (Å²) in [7, 11) is 0. The van der Waals surface area contributed by atoms with Crippen molar-refractivity contribution < 1.29 is 9.52 Å². The Hall–Kier alpha value is -1.54. The second-order valence-electron chi connectivity index (χ2n) is 4.20. The fourth-order valence-electron chi connectivity index (χ4n) is 1.82. The molecule has 1 heterocycles. The Labute approximate surface area is 95.5 Å². The maximum Gasteiger partial charge on any atom is 0.101 e. The maximum atomic E-state index is 10.0. The molecule has 2 heteroatoms. The molecule has 1 aromatic carbocycles. The standard InChI is InChI=1S/C14H16O2/c1-10-4-3-5-12(6-10)8-14(15)13-7-11(2)16-9-13/h3-7,9,14-15H,8H2,1-2H3. The summed E-state index contributed by atoms with van der Waals surface area (Å²) in [6, 6.07) is 10.1. The minimum atomic E-state index is -0.487. The average molecular weight is 216 g/mol. The van der Waals surface area contributed by atoms with E-state index in [-0.39, 0.29) is 0 Å². The molecule has 0 saturated carbocycles. The average Bonchev–Trinajstić information content (AvgIpc) is 2.65. The van der Waals surface area contributed by atoms with Gasteiger partial charge >= 0.3 is 0 Å². The Kier molecular flexibility index (Phi) is 3.11. The zero-order valence-electron chi connectivity index (χ0n) is 9.60. The molecule has 0 saturated heterocycles. The first-order valence-electron chi connectivity index (χ1n) is 5.44. The predicted molar refractivity (Wildman–Crippen MR) is 63.3 cm³/mol. The van der Waals surface area contributed by atoms with Crippen molar-refractivity contribution in [1.29, 1.82) is 0 Å². The van der Waals surface area contributed by atoms with Crippen molar-refractivity contribution in [2.75, 3.05) is 0 Å². The highest BCUT2D eigenvalue weighted by Crippen LogP contribution is 2.20. The smallest absolute Gasteiger partial charge is 0.101 e. The van der Waals surface area contributed by atoms with E-state index in [1.165, 1.54) is 5.56 Å². The molecular formula is C14H16O2. The quantitative estimate of drug-likeness (QED) is 0.854. The first-order valence-corrected chi connectivity index (χ1v) is 5.44. The van der Waals surface area contributed by atoms with Gasteiger partial charge in [0.05, 0.1) is 12.4 Å². The van der Waals surface area contributed by atoms with Crippen LogP contribution in [0.2, 0.25) is 0 Å². The summed E-state index contributed by atoms with van der Waals surface area (Å²) in [5, 5.41) is 10.0. The van der Waals surface area contributed by atoms with Crippen molar-refractivity contribution in [2.24, 2.45) is 0 Å². The van der Waals surface area contributed by atoms with Gasteiger partial charge in [-0.25, -0.2) is 0 Å². The first kappa shape index (κ1) is 11.0. The molecule has 0 fully saturated rings. The summed E-state index contributed by atoms with van der Waals surface area (Å²) >= 11 is 0. The van der Waals surface area contributed by atoms with Crippen molar-refractivity contribution >= 4 is 0 Å². The fraction of sp³-hybridized carbons (Fsp3) is 0.286. The number of aliphatic hydroxyl groups is 1. The van der Waals surface area contributed by atoms with Crippen LogP contribution in [0.3, 0.4) is 0 Å². The summed E-state index contributed by atoms with van der Waals surface area (Å²) in [6.45, 7) is 3.93. The van der Waals surface area contributed by atoms with Crippen LogP contribution in [0.25, 0.3) is 0 Å². The molecule has 16 heavy (non-hydrogen) atoms. The lowest BCUT2D eigenvalue weighted by Crippen LogP contribution is -2.00. The Balaban J connectivity index is 2.10. The molecule has 84 valence electrons. The minimum absolute atomic E-state index is 0.487. The summed E-state index contributed by atoms with van der Waals surface area (Å²) in [5.41, 5.74) is 3.21. The molecular weight excluding hydrogens is 200 g/mol. The largest absolute Gasteiger partial charge is 0.469 e. The molecule has 2 rings (SSSR count). The molecule has 0 aliphatic rings. The summed E-state index contributed by atoms with van der Waals surface area (Å²) in [6.07, 6.45) is 1.76. The summed E-state index contributed by atoms with van der Waals surface area (Å²) < 4.78 is 5.19. The summed E-state index contributed by atoms with van der Waals surface area (Å²) in [5.74, 6) is 0.832. The fourth-order valence-corrected chi connectivity index (χ4v) is 1.82. The van der Waals surface area contributed by atoms with Crippen LogP contribution < -0.4 is 0 Å². The highest BCUT2D eigenvalue weighted by Gasteiger charge is 2.10. The first-order chi connectivity index (χ1) is 7.65. The van der Waals surface area contributed by atoms with Gasteiger partial charge in [-0.05, 0) is 25.5 Å². The number of hydrogen-bond acceptors (Lipinski definition) is 2. The molecule has 2 aromatic rings. The summed E-state index contributed by atoms with van der Waals surface area (Å²) in [4.78, 5) is 0. The molecule has 2 nitrogen and oxygen atoms in total. The number of rotatable bonds is 3. The molecule has 0 aliphatic carbocycles. The van der Waals surface area contributed by atoms with Gasteiger partial charge in [-0.15, -0.1) is 0 Å². The molecule has 1 atom stereocenters. The van der Waals surface area contributed by atoms with E-state index in [2.05, 4.69) is 19.1 Å². The second kappa shape index (κ2) is 4.54. The van der Waals surface area contributed by atoms with Crippen molar-refractivity contribution in [3.63, 3.8) is 0 Å². The van der Waals surface area contributed by atoms with Crippen LogP contribution in [0.1, 0.15) is 28.6 Å². The van der Waals surface area contributed by atoms with Crippen LogP contribution in [0, 0.1) is 13.8 Å². The third kappa shape index (κ3) is 2.52. The highest BCUT2D eigenvalue weighted by atomic mass is 16.3. The monoisotopic (exact) mass is 216 g/mol. The van der Waals surface area contributed by atoms with E-state index in [9.17, 15) is 5.11 Å². The molecule has 0 aliphatic heterocycles. The van der Waals surface area contributed by atoms with E-state index < -0.39 is 6.10 Å². The Morgan fingerprint density at radius 2 is 2.06 bits per heavy atom. The Morgan fingerprint density at radius 3 is 2.69 bits per heavy atom. The van der Waals surface area contributed by atoms with Gasteiger partial charge in [0.15, 0.2) is 0 Å². The van der Waals surface area contributed by atoms with Gasteiger partial charge in [0.25, 0.3) is 0 Å². The van der Waals surface area contributed by atoms with E-state index >= 15 is 0 Å². The van der Waals surface area contributed by atoms with Crippen LogP contribution in [0.5, 0.6) is 0 Å². The van der Waals surface area contributed by atoms with E-state index in [0.717, 1.165) is 16.9 Å². The van der Waals surface area contributed by atoms with Crippen LogP contribution in [-0.4, -0.2) is 5.11 Å². The van der Waals surface area contributed by atoms with E-state index in [0.29, 0.717) is 6.42 Å². The SMILES string of the molecule is Cc1cccc(CC(O)c2coc(C)c2)c1. The topological polar surface area (TPSA) is 33.4 Å². The van der Waals surface area contributed by atoms with Gasteiger partial charge in [0.2, 0.25) is 0 Å². The van der Waals surface area contributed by atoms with Crippen LogP contribution in [-0.2, 0) is 6.42 Å². The third-order valence-corrected chi connectivity index (χ3v) is 2.65. The number of aliphatic hydroxyl groups excluding tert-OH is 1. The zero-order valence-corrected chi connectivity index (χ0v) is 9.60. The second-order valence-corrected chi connectivity index (χ2v) is 4.20. The van der Waals surface area contributed by atoms with Crippen LogP contribution in [0.15, 0.2) is 41.0 Å². The number of hydrogen-bond donors (Lipinski definition) is 1. The van der Waals surface area contributed by atoms with Gasteiger partial charge in [0.1, 0.15) is 5.76 Å². The van der Waals surface area contributed by atoms with Crippen LogP contribution in [0.4, 0.5) is 0 Å². The molecule has 1 N–H and O–H groups in total. The Bertz CT molecular complexity index is 471. The van der Waals surface area contributed by atoms with Crippen molar-refractivity contribution in [3.05, 3.63) is 59.0 Å². The van der Waals surface area contributed by atoms with Crippen LogP contribution >= 0.6 is 0 Å². The molecule has 0 spiro atoms. The molecule has 1 unspecified atom stereocenters. The lowest BCUT2D eigenvalue weighted by Gasteiger charge is -2.08. The van der Waals surface area contributed by atoms with Crippen molar-refractivity contribution in [3.8, 4) is 0 Å². The van der Waals surface area contributed by atoms with Gasteiger partial charge < -0.3 is 9.52 Å². The normalized spacial score (nSPS) is 12.7. The maximum absolute atomic E-state index is 10.0. The van der Waals surface area contributed by atoms with E-state index in [1.807, 2.05) is 25.1 Å². The van der Waals surface area contributed by atoms with E-state index in [4.69, 9.17) is 4.42 Å². The van der Waals surface area contributed by atoms with Crippen molar-refractivity contribution in [1.82, 2.24) is 0 Å². The lowest BCUT2D eigenvalue weighted by molar-refractivity contribution is 0.177. The van der Waals surface area contributed by atoms with Gasteiger partial charge in [-0.3, -0.25) is 0 Å². The van der Waals surface area contributed by atoms with Gasteiger partial charge in [0, 0.05) is 12.0 Å². The van der Waals surface area contributed by atoms with Crippen molar-refractivity contribution in [2.45, 2.75) is 26.4 Å². The molecule has 0 amide bonds. The van der Waals surface area contributed by atoms with Gasteiger partial charge in [-0.1, -0.05) is 29.8 Å².